The Morgan fingerprint density at radius 3 is 2.48 bits per heavy atom. The van der Waals surface area contributed by atoms with Crippen molar-refractivity contribution in [3.05, 3.63) is 34.2 Å². The molecule has 7 nitrogen and oxygen atoms in total. The monoisotopic (exact) mass is 392 g/mol. The summed E-state index contributed by atoms with van der Waals surface area (Å²) in [5, 5.41) is 5.75. The molecule has 1 atom stereocenters. The van der Waals surface area contributed by atoms with Crippen molar-refractivity contribution in [3.63, 3.8) is 0 Å². The van der Waals surface area contributed by atoms with Crippen molar-refractivity contribution in [1.82, 2.24) is 19.8 Å². The number of aromatic nitrogens is 2. The maximum atomic E-state index is 13.0. The first-order valence-electron chi connectivity index (χ1n) is 9.19. The van der Waals surface area contributed by atoms with Gasteiger partial charge in [0.05, 0.1) is 11.0 Å². The second kappa shape index (κ2) is 7.13. The van der Waals surface area contributed by atoms with Gasteiger partial charge in [-0.15, -0.1) is 12.4 Å². The second-order valence-electron chi connectivity index (χ2n) is 7.60. The fourth-order valence-corrected chi connectivity index (χ4v) is 4.25. The average Bonchev–Trinajstić information content (AvgIpc) is 2.90. The van der Waals surface area contributed by atoms with E-state index < -0.39 is 11.4 Å². The van der Waals surface area contributed by atoms with Crippen LogP contribution in [0, 0.1) is 0 Å². The van der Waals surface area contributed by atoms with Crippen LogP contribution in [0.5, 0.6) is 0 Å². The number of piperidine rings is 2. The Morgan fingerprint density at radius 1 is 1.11 bits per heavy atom. The predicted octanol–water partition coefficient (Wildman–Crippen LogP) is 1.38. The zero-order chi connectivity index (χ0) is 18.5. The first-order valence-corrected chi connectivity index (χ1v) is 9.19. The van der Waals surface area contributed by atoms with Crippen LogP contribution < -0.4 is 16.3 Å². The van der Waals surface area contributed by atoms with Crippen LogP contribution in [-0.4, -0.2) is 34.0 Å². The molecule has 2 aliphatic rings. The molecule has 8 heteroatoms. The van der Waals surface area contributed by atoms with Gasteiger partial charge in [0.15, 0.2) is 0 Å². The van der Waals surface area contributed by atoms with Crippen molar-refractivity contribution < 1.29 is 9.59 Å². The summed E-state index contributed by atoms with van der Waals surface area (Å²) in [4.78, 5) is 37.0. The van der Waals surface area contributed by atoms with Crippen LogP contribution in [0.3, 0.4) is 0 Å². The number of nitrogens with one attached hydrogen (secondary N) is 2. The highest BCUT2D eigenvalue weighted by atomic mass is 35.5. The molecule has 2 saturated heterocycles. The lowest BCUT2D eigenvalue weighted by molar-refractivity contribution is -0.140. The van der Waals surface area contributed by atoms with E-state index in [0.717, 1.165) is 37.0 Å². The molecule has 0 spiro atoms. The Hall–Kier alpha value is -2.12. The lowest BCUT2D eigenvalue weighted by Gasteiger charge is -2.32. The maximum Gasteiger partial charge on any atom is 0.329 e. The Labute approximate surface area is 163 Å². The highest BCUT2D eigenvalue weighted by Crippen LogP contribution is 2.32. The molecule has 2 aromatic rings. The molecule has 1 aromatic heterocycles. The summed E-state index contributed by atoms with van der Waals surface area (Å²) in [6.07, 6.45) is 2.73. The van der Waals surface area contributed by atoms with Crippen LogP contribution in [0.4, 0.5) is 0 Å². The molecule has 2 amide bonds. The molecule has 27 heavy (non-hydrogen) atoms. The Bertz CT molecular complexity index is 958. The number of imidazole rings is 1. The van der Waals surface area contributed by atoms with Gasteiger partial charge in [-0.25, -0.2) is 4.79 Å². The second-order valence-corrected chi connectivity index (χ2v) is 7.60. The van der Waals surface area contributed by atoms with Crippen LogP contribution in [0.2, 0.25) is 0 Å². The molecular formula is C19H25ClN4O3. The highest BCUT2D eigenvalue weighted by Gasteiger charge is 2.42. The number of carbonyl (C=O) groups is 2. The molecule has 4 rings (SSSR count). The van der Waals surface area contributed by atoms with E-state index in [1.807, 2.05) is 6.07 Å². The predicted molar refractivity (Wildman–Crippen MR) is 105 cm³/mol. The molecule has 0 bridgehead atoms. The summed E-state index contributed by atoms with van der Waals surface area (Å²) in [5.41, 5.74) is 1.52. The highest BCUT2D eigenvalue weighted by molar-refractivity contribution is 6.02. The van der Waals surface area contributed by atoms with E-state index in [1.165, 1.54) is 5.56 Å². The van der Waals surface area contributed by atoms with E-state index in [-0.39, 0.29) is 30.4 Å². The third kappa shape index (κ3) is 3.08. The van der Waals surface area contributed by atoms with Crippen molar-refractivity contribution in [2.24, 2.45) is 7.05 Å². The first-order chi connectivity index (χ1) is 12.4. The van der Waals surface area contributed by atoms with E-state index in [2.05, 4.69) is 22.8 Å². The lowest BCUT2D eigenvalue weighted by Crippen LogP contribution is -2.55. The maximum absolute atomic E-state index is 13.0. The molecule has 2 fully saturated rings. The Kier molecular flexibility index (Phi) is 5.18. The molecule has 0 unspecified atom stereocenters. The number of halogens is 1. The number of nitrogens with zero attached hydrogens (tertiary/aromatic N) is 2. The SMILES string of the molecule is Cl.Cn1c(=O)n([C@]2(C)CCC(=O)NC2=O)c2ccc(C3CCNCC3)cc21. The number of imide groups is 1. The average molecular weight is 393 g/mol. The normalized spacial score (nSPS) is 23.9. The molecule has 2 aliphatic heterocycles. The number of hydrogen-bond acceptors (Lipinski definition) is 4. The minimum Gasteiger partial charge on any atom is -0.317 e. The first kappa shape index (κ1) is 19.6. The number of carbonyl (C=O) groups excluding carboxylic acids is 2. The fourth-order valence-electron chi connectivity index (χ4n) is 4.25. The van der Waals surface area contributed by atoms with Gasteiger partial charge in [0, 0.05) is 13.5 Å². The number of hydrogen-bond donors (Lipinski definition) is 2. The molecule has 0 aliphatic carbocycles. The minimum absolute atomic E-state index is 0. The van der Waals surface area contributed by atoms with Gasteiger partial charge in [-0.2, -0.15) is 0 Å². The van der Waals surface area contributed by atoms with Gasteiger partial charge in [0.25, 0.3) is 5.91 Å². The summed E-state index contributed by atoms with van der Waals surface area (Å²) < 4.78 is 3.16. The smallest absolute Gasteiger partial charge is 0.317 e. The summed E-state index contributed by atoms with van der Waals surface area (Å²) in [6, 6.07) is 6.10. The minimum atomic E-state index is -1.05. The van der Waals surface area contributed by atoms with E-state index in [9.17, 15) is 14.4 Å². The number of rotatable bonds is 2. The van der Waals surface area contributed by atoms with E-state index in [4.69, 9.17) is 0 Å². The van der Waals surface area contributed by atoms with E-state index >= 15 is 0 Å². The third-order valence-corrected chi connectivity index (χ3v) is 5.97. The van der Waals surface area contributed by atoms with Crippen molar-refractivity contribution in [1.29, 1.82) is 0 Å². The van der Waals surface area contributed by atoms with Gasteiger partial charge in [-0.05, 0) is 62.9 Å². The molecule has 2 N–H and O–H groups in total. The molecule has 0 saturated carbocycles. The van der Waals surface area contributed by atoms with Gasteiger partial charge in [-0.3, -0.25) is 24.0 Å². The number of amides is 2. The van der Waals surface area contributed by atoms with Gasteiger partial charge >= 0.3 is 5.69 Å². The van der Waals surface area contributed by atoms with Crippen molar-refractivity contribution in [3.8, 4) is 0 Å². The van der Waals surface area contributed by atoms with Crippen molar-refractivity contribution in [2.45, 2.75) is 44.1 Å². The van der Waals surface area contributed by atoms with Crippen LogP contribution in [-0.2, 0) is 22.2 Å². The summed E-state index contributed by atoms with van der Waals surface area (Å²) in [6.45, 7) is 3.75. The standard InChI is InChI=1S/C19H24N4O3.ClH/c1-19(8-5-16(24)21-17(19)25)23-14-4-3-13(12-6-9-20-10-7-12)11-15(14)22(2)18(23)26;/h3-4,11-12,20H,5-10H2,1-2H3,(H,21,24,25);1H/t19-;/m1./s1. The molecule has 3 heterocycles. The van der Waals surface area contributed by atoms with Gasteiger partial charge in [0.2, 0.25) is 5.91 Å². The van der Waals surface area contributed by atoms with Crippen molar-refractivity contribution >= 4 is 35.3 Å². The quantitative estimate of drug-likeness (QED) is 0.756. The van der Waals surface area contributed by atoms with E-state index in [1.54, 1.807) is 23.1 Å². The summed E-state index contributed by atoms with van der Waals surface area (Å²) >= 11 is 0. The zero-order valence-electron chi connectivity index (χ0n) is 15.6. The summed E-state index contributed by atoms with van der Waals surface area (Å²) in [7, 11) is 1.74. The van der Waals surface area contributed by atoms with E-state index in [0.29, 0.717) is 12.3 Å². The van der Waals surface area contributed by atoms with Crippen LogP contribution in [0.1, 0.15) is 44.1 Å². The van der Waals surface area contributed by atoms with Gasteiger partial charge in [0.1, 0.15) is 5.54 Å². The number of aryl methyl sites for hydroxylation is 1. The summed E-state index contributed by atoms with van der Waals surface area (Å²) in [5.74, 6) is -0.204. The van der Waals surface area contributed by atoms with Crippen LogP contribution in [0.25, 0.3) is 11.0 Å². The fraction of sp³-hybridized carbons (Fsp3) is 0.526. The number of benzene rings is 1. The van der Waals surface area contributed by atoms with Crippen LogP contribution >= 0.6 is 12.4 Å². The largest absolute Gasteiger partial charge is 0.329 e. The lowest BCUT2D eigenvalue weighted by atomic mass is 9.89. The third-order valence-electron chi connectivity index (χ3n) is 5.97. The van der Waals surface area contributed by atoms with Gasteiger partial charge < -0.3 is 5.32 Å². The van der Waals surface area contributed by atoms with Crippen LogP contribution in [0.15, 0.2) is 23.0 Å². The number of fused-ring (bicyclic) bond motifs is 1. The Balaban J connectivity index is 0.00000210. The zero-order valence-corrected chi connectivity index (χ0v) is 16.4. The Morgan fingerprint density at radius 2 is 1.81 bits per heavy atom. The topological polar surface area (TPSA) is 85.1 Å². The van der Waals surface area contributed by atoms with Gasteiger partial charge in [-0.1, -0.05) is 6.07 Å². The molecule has 146 valence electrons. The molecular weight excluding hydrogens is 368 g/mol. The van der Waals surface area contributed by atoms with Crippen molar-refractivity contribution in [2.75, 3.05) is 13.1 Å². The molecule has 1 aromatic carbocycles. The molecule has 0 radical (unpaired) electrons.